The van der Waals surface area contributed by atoms with Gasteiger partial charge in [0.2, 0.25) is 0 Å². The Hall–Kier alpha value is -0.0400. The first-order chi connectivity index (χ1) is 9.31. The Morgan fingerprint density at radius 1 is 0.789 bits per heavy atom. The van der Waals surface area contributed by atoms with Gasteiger partial charge in [0.15, 0.2) is 0 Å². The molecule has 0 aromatic rings. The van der Waals surface area contributed by atoms with Gasteiger partial charge in [-0.15, -0.1) is 0 Å². The first-order valence-electron chi connectivity index (χ1n) is 8.32. The van der Waals surface area contributed by atoms with Crippen molar-refractivity contribution in [3.63, 3.8) is 0 Å². The van der Waals surface area contributed by atoms with E-state index in [1.807, 2.05) is 0 Å². The molecule has 0 atom stereocenters. The molecule has 0 rings (SSSR count). The van der Waals surface area contributed by atoms with E-state index in [0.29, 0.717) is 0 Å². The van der Waals surface area contributed by atoms with Crippen LogP contribution in [-0.4, -0.2) is 0 Å². The van der Waals surface area contributed by atoms with Crippen LogP contribution in [0.25, 0.3) is 0 Å². The van der Waals surface area contributed by atoms with Crippen LogP contribution in [0.15, 0.2) is 22.7 Å². The van der Waals surface area contributed by atoms with E-state index in [4.69, 9.17) is 0 Å². The predicted octanol–water partition coefficient (Wildman–Crippen LogP) is 7.54. The average Bonchev–Trinajstić information content (AvgIpc) is 2.42. The smallest absolute Gasteiger partial charge is 0.00495 e. The Kier molecular flexibility index (Phi) is 16.0. The van der Waals surface area contributed by atoms with Crippen molar-refractivity contribution >= 4 is 15.9 Å². The first kappa shape index (κ1) is 19.0. The highest BCUT2D eigenvalue weighted by atomic mass is 79.9. The van der Waals surface area contributed by atoms with Crippen molar-refractivity contribution in [3.8, 4) is 0 Å². The third-order valence-corrected chi connectivity index (χ3v) is 4.07. The fourth-order valence-electron chi connectivity index (χ4n) is 2.12. The lowest BCUT2D eigenvalue weighted by molar-refractivity contribution is 0.611. The molecule has 0 amide bonds. The van der Waals surface area contributed by atoms with Crippen LogP contribution >= 0.6 is 15.9 Å². The lowest BCUT2D eigenvalue weighted by Crippen LogP contribution is -1.78. The van der Waals surface area contributed by atoms with Crippen molar-refractivity contribution in [2.45, 2.75) is 90.9 Å². The Labute approximate surface area is 129 Å². The highest BCUT2D eigenvalue weighted by Gasteiger charge is 1.91. The molecule has 0 saturated carbocycles. The molecule has 0 aliphatic carbocycles. The minimum atomic E-state index is 1.20. The van der Waals surface area contributed by atoms with E-state index < -0.39 is 0 Å². The molecule has 0 nitrogen and oxygen atoms in total. The van der Waals surface area contributed by atoms with Gasteiger partial charge in [-0.3, -0.25) is 0 Å². The van der Waals surface area contributed by atoms with Gasteiger partial charge >= 0.3 is 0 Å². The van der Waals surface area contributed by atoms with E-state index in [0.717, 1.165) is 0 Å². The molecule has 0 radical (unpaired) electrons. The molecule has 19 heavy (non-hydrogen) atoms. The Morgan fingerprint density at radius 2 is 1.37 bits per heavy atom. The molecule has 0 aromatic heterocycles. The summed E-state index contributed by atoms with van der Waals surface area (Å²) >= 11 is 3.65. The molecule has 0 fully saturated rings. The van der Waals surface area contributed by atoms with Gasteiger partial charge in [0.1, 0.15) is 0 Å². The fraction of sp³-hybridized carbons (Fsp3) is 0.778. The van der Waals surface area contributed by atoms with Gasteiger partial charge in [0.05, 0.1) is 0 Å². The van der Waals surface area contributed by atoms with Crippen LogP contribution in [0.1, 0.15) is 90.9 Å². The van der Waals surface area contributed by atoms with Gasteiger partial charge in [0, 0.05) is 0 Å². The van der Waals surface area contributed by atoms with Crippen molar-refractivity contribution in [2.24, 2.45) is 0 Å². The largest absolute Gasteiger partial charge is 0.0845 e. The zero-order valence-electron chi connectivity index (χ0n) is 13.1. The Morgan fingerprint density at radius 3 is 2.05 bits per heavy atom. The lowest BCUT2D eigenvalue weighted by atomic mass is 10.1. The molecule has 0 saturated heterocycles. The molecule has 0 spiro atoms. The summed E-state index contributed by atoms with van der Waals surface area (Å²) in [4.78, 5) is 0. The van der Waals surface area contributed by atoms with E-state index in [-0.39, 0.29) is 0 Å². The van der Waals surface area contributed by atoms with E-state index in [1.165, 1.54) is 81.5 Å². The van der Waals surface area contributed by atoms with Crippen LogP contribution in [0.3, 0.4) is 0 Å². The van der Waals surface area contributed by atoms with E-state index in [9.17, 15) is 0 Å². The Bertz CT molecular complexity index is 228. The quantitative estimate of drug-likeness (QED) is 0.242. The predicted molar refractivity (Wildman–Crippen MR) is 92.9 cm³/mol. The second kappa shape index (κ2) is 16.0. The van der Waals surface area contributed by atoms with Gasteiger partial charge in [-0.1, -0.05) is 99.4 Å². The van der Waals surface area contributed by atoms with Crippen molar-refractivity contribution in [1.29, 1.82) is 0 Å². The minimum absolute atomic E-state index is 1.20. The first-order valence-corrected chi connectivity index (χ1v) is 9.11. The van der Waals surface area contributed by atoms with Gasteiger partial charge in [0.25, 0.3) is 0 Å². The number of halogens is 1. The molecule has 0 heterocycles. The maximum absolute atomic E-state index is 3.65. The fourth-order valence-corrected chi connectivity index (χ4v) is 2.55. The molecular formula is C18H33Br. The highest BCUT2D eigenvalue weighted by molar-refractivity contribution is 9.11. The summed E-state index contributed by atoms with van der Waals surface area (Å²) in [6.07, 6.45) is 22.9. The van der Waals surface area contributed by atoms with E-state index in [1.54, 1.807) is 0 Å². The summed E-state index contributed by atoms with van der Waals surface area (Å²) in [7, 11) is 0. The minimum Gasteiger partial charge on any atom is -0.0845 e. The second-order valence-electron chi connectivity index (χ2n) is 5.41. The highest BCUT2D eigenvalue weighted by Crippen LogP contribution is 2.16. The van der Waals surface area contributed by atoms with Crippen LogP contribution in [0.5, 0.6) is 0 Å². The molecule has 112 valence electrons. The van der Waals surface area contributed by atoms with Gasteiger partial charge in [-0.05, 0) is 30.2 Å². The molecule has 0 aliphatic rings. The van der Waals surface area contributed by atoms with Crippen molar-refractivity contribution in [3.05, 3.63) is 22.7 Å². The number of hydrogen-bond acceptors (Lipinski definition) is 0. The van der Waals surface area contributed by atoms with Crippen LogP contribution in [0.4, 0.5) is 0 Å². The number of unbranched alkanes of at least 4 members (excludes halogenated alkanes) is 9. The Balaban J connectivity index is 3.38. The summed E-state index contributed by atoms with van der Waals surface area (Å²) < 4.78 is 1.35. The van der Waals surface area contributed by atoms with E-state index >= 15 is 0 Å². The number of allylic oxidation sites excluding steroid dienone is 4. The molecule has 0 aromatic carbocycles. The summed E-state index contributed by atoms with van der Waals surface area (Å²) in [5, 5.41) is 0. The van der Waals surface area contributed by atoms with Gasteiger partial charge in [-0.25, -0.2) is 0 Å². The van der Waals surface area contributed by atoms with Crippen LogP contribution < -0.4 is 0 Å². The zero-order chi connectivity index (χ0) is 14.2. The van der Waals surface area contributed by atoms with Crippen molar-refractivity contribution < 1.29 is 0 Å². The van der Waals surface area contributed by atoms with Crippen LogP contribution in [-0.2, 0) is 0 Å². The maximum Gasteiger partial charge on any atom is -0.00495 e. The summed E-state index contributed by atoms with van der Waals surface area (Å²) in [6.45, 7) is 4.53. The van der Waals surface area contributed by atoms with Gasteiger partial charge < -0.3 is 0 Å². The normalized spacial score (nSPS) is 12.5. The van der Waals surface area contributed by atoms with Crippen molar-refractivity contribution in [2.75, 3.05) is 0 Å². The summed E-state index contributed by atoms with van der Waals surface area (Å²) in [5.41, 5.74) is 0. The summed E-state index contributed by atoms with van der Waals surface area (Å²) in [6, 6.07) is 0. The topological polar surface area (TPSA) is 0 Å². The van der Waals surface area contributed by atoms with Crippen molar-refractivity contribution in [1.82, 2.24) is 0 Å². The van der Waals surface area contributed by atoms with Gasteiger partial charge in [-0.2, -0.15) is 0 Å². The monoisotopic (exact) mass is 328 g/mol. The number of hydrogen-bond donors (Lipinski definition) is 0. The van der Waals surface area contributed by atoms with Crippen LogP contribution in [0, 0.1) is 0 Å². The average molecular weight is 329 g/mol. The third-order valence-electron chi connectivity index (χ3n) is 3.41. The SMILES string of the molecule is CCCCCCCC/C=C/C=C(/Br)CCCCCC. The molecule has 0 unspecified atom stereocenters. The standard InChI is InChI=1S/C18H33Br/c1-3-5-7-9-10-11-12-13-15-17-18(19)16-14-8-6-4-2/h13,15,17H,3-12,14,16H2,1-2H3/b15-13+,18-17+. The second-order valence-corrected chi connectivity index (χ2v) is 6.43. The molecule has 0 aliphatic heterocycles. The molecular weight excluding hydrogens is 296 g/mol. The summed E-state index contributed by atoms with van der Waals surface area (Å²) in [5.74, 6) is 0. The lowest BCUT2D eigenvalue weighted by Gasteiger charge is -1.98. The zero-order valence-corrected chi connectivity index (χ0v) is 14.7. The van der Waals surface area contributed by atoms with E-state index in [2.05, 4.69) is 48.0 Å². The molecule has 0 bridgehead atoms. The molecule has 0 N–H and O–H groups in total. The third kappa shape index (κ3) is 15.9. The molecule has 1 heteroatoms. The number of rotatable bonds is 13. The van der Waals surface area contributed by atoms with Crippen LogP contribution in [0.2, 0.25) is 0 Å². The maximum atomic E-state index is 3.65.